The van der Waals surface area contributed by atoms with Crippen LogP contribution in [0.25, 0.3) is 11.0 Å². The van der Waals surface area contributed by atoms with Gasteiger partial charge in [0.05, 0.1) is 5.02 Å². The lowest BCUT2D eigenvalue weighted by molar-refractivity contribution is 0.382. The molecule has 1 aromatic heterocycles. The van der Waals surface area contributed by atoms with Crippen LogP contribution in [0.3, 0.4) is 0 Å². The Balaban J connectivity index is 2.10. The molecule has 1 fully saturated rings. The predicted octanol–water partition coefficient (Wildman–Crippen LogP) is 5.29. The zero-order chi connectivity index (χ0) is 12.0. The molecule has 1 aromatic carbocycles. The Morgan fingerprint density at radius 2 is 2.29 bits per heavy atom. The summed E-state index contributed by atoms with van der Waals surface area (Å²) in [5, 5.41) is 1.80. The molecule has 0 amide bonds. The molecule has 2 unspecified atom stereocenters. The van der Waals surface area contributed by atoms with Gasteiger partial charge in [-0.25, -0.2) is 0 Å². The molecular formula is C14H14BrClO. The third-order valence-electron chi connectivity index (χ3n) is 3.77. The van der Waals surface area contributed by atoms with Crippen LogP contribution in [-0.4, -0.2) is 4.83 Å². The quantitative estimate of drug-likeness (QED) is 0.652. The van der Waals surface area contributed by atoms with Crippen molar-refractivity contribution in [1.82, 2.24) is 0 Å². The largest absolute Gasteiger partial charge is 0.459 e. The average molecular weight is 314 g/mol. The van der Waals surface area contributed by atoms with E-state index in [4.69, 9.17) is 16.0 Å². The van der Waals surface area contributed by atoms with Crippen LogP contribution in [0.2, 0.25) is 5.02 Å². The highest BCUT2D eigenvalue weighted by atomic mass is 79.9. The SMILES string of the molecule is CC1(c2cc3cccc(Cl)c3o2)CCC(Br)C1. The fraction of sp³-hybridized carbons (Fsp3) is 0.429. The summed E-state index contributed by atoms with van der Waals surface area (Å²) < 4.78 is 5.98. The molecule has 0 spiro atoms. The van der Waals surface area contributed by atoms with Crippen LogP contribution in [0.15, 0.2) is 28.7 Å². The number of furan rings is 1. The van der Waals surface area contributed by atoms with Gasteiger partial charge in [0.1, 0.15) is 5.76 Å². The molecule has 3 heteroatoms. The summed E-state index contributed by atoms with van der Waals surface area (Å²) in [6.07, 6.45) is 3.51. The zero-order valence-electron chi connectivity index (χ0n) is 9.67. The molecule has 2 atom stereocenters. The number of para-hydroxylation sites is 1. The number of halogens is 2. The van der Waals surface area contributed by atoms with Crippen molar-refractivity contribution in [3.05, 3.63) is 35.0 Å². The molecule has 1 aliphatic rings. The molecule has 0 N–H and O–H groups in total. The Morgan fingerprint density at radius 1 is 1.47 bits per heavy atom. The lowest BCUT2D eigenvalue weighted by Gasteiger charge is -2.20. The summed E-state index contributed by atoms with van der Waals surface area (Å²) in [4.78, 5) is 0.608. The molecule has 3 rings (SSSR count). The van der Waals surface area contributed by atoms with Crippen LogP contribution in [0.1, 0.15) is 31.9 Å². The Bertz CT molecular complexity index is 562. The second-order valence-corrected chi connectivity index (χ2v) is 6.87. The minimum atomic E-state index is 0.149. The number of hydrogen-bond acceptors (Lipinski definition) is 1. The van der Waals surface area contributed by atoms with E-state index in [-0.39, 0.29) is 5.41 Å². The summed E-state index contributed by atoms with van der Waals surface area (Å²) in [7, 11) is 0. The number of rotatable bonds is 1. The minimum Gasteiger partial charge on any atom is -0.459 e. The van der Waals surface area contributed by atoms with Gasteiger partial charge in [0.15, 0.2) is 5.58 Å². The lowest BCUT2D eigenvalue weighted by atomic mass is 9.86. The van der Waals surface area contributed by atoms with E-state index in [1.54, 1.807) is 0 Å². The van der Waals surface area contributed by atoms with Gasteiger partial charge in [-0.1, -0.05) is 46.6 Å². The van der Waals surface area contributed by atoms with Crippen molar-refractivity contribution < 1.29 is 4.42 Å². The van der Waals surface area contributed by atoms with Crippen LogP contribution in [0, 0.1) is 0 Å². The number of fused-ring (bicyclic) bond motifs is 1. The minimum absolute atomic E-state index is 0.149. The van der Waals surface area contributed by atoms with Gasteiger partial charge in [-0.05, 0) is 31.4 Å². The van der Waals surface area contributed by atoms with E-state index < -0.39 is 0 Å². The van der Waals surface area contributed by atoms with Crippen molar-refractivity contribution in [3.8, 4) is 0 Å². The van der Waals surface area contributed by atoms with Crippen molar-refractivity contribution in [2.75, 3.05) is 0 Å². The van der Waals surface area contributed by atoms with Crippen LogP contribution in [0.4, 0.5) is 0 Å². The highest BCUT2D eigenvalue weighted by molar-refractivity contribution is 9.09. The number of benzene rings is 1. The van der Waals surface area contributed by atoms with Gasteiger partial charge in [-0.15, -0.1) is 0 Å². The molecule has 2 aromatic rings. The fourth-order valence-electron chi connectivity index (χ4n) is 2.72. The second kappa shape index (κ2) is 4.03. The first kappa shape index (κ1) is 11.6. The summed E-state index contributed by atoms with van der Waals surface area (Å²) in [5.41, 5.74) is 0.972. The monoisotopic (exact) mass is 312 g/mol. The molecule has 1 saturated carbocycles. The normalized spacial score (nSPS) is 29.0. The average Bonchev–Trinajstić information content (AvgIpc) is 2.85. The second-order valence-electron chi connectivity index (χ2n) is 5.17. The standard InChI is InChI=1S/C14H14BrClO/c1-14(6-5-10(15)8-14)12-7-9-3-2-4-11(16)13(9)17-12/h2-4,7,10H,5-6,8H2,1H3. The van der Waals surface area contributed by atoms with Gasteiger partial charge in [0, 0.05) is 15.6 Å². The van der Waals surface area contributed by atoms with E-state index in [1.807, 2.05) is 12.1 Å². The summed E-state index contributed by atoms with van der Waals surface area (Å²) >= 11 is 9.85. The molecule has 0 radical (unpaired) electrons. The molecule has 17 heavy (non-hydrogen) atoms. The molecule has 1 nitrogen and oxygen atoms in total. The Kier molecular flexibility index (Phi) is 2.75. The molecule has 0 aliphatic heterocycles. The van der Waals surface area contributed by atoms with Gasteiger partial charge in [0.2, 0.25) is 0 Å². The first-order valence-electron chi connectivity index (χ1n) is 5.91. The maximum atomic E-state index is 6.15. The molecule has 0 bridgehead atoms. The molecule has 1 heterocycles. The molecular weight excluding hydrogens is 300 g/mol. The third kappa shape index (κ3) is 1.92. The Hall–Kier alpha value is -0.470. The number of hydrogen-bond donors (Lipinski definition) is 0. The van der Waals surface area contributed by atoms with E-state index in [1.165, 1.54) is 12.8 Å². The lowest BCUT2D eigenvalue weighted by Crippen LogP contribution is -2.16. The van der Waals surface area contributed by atoms with E-state index >= 15 is 0 Å². The maximum absolute atomic E-state index is 6.15. The van der Waals surface area contributed by atoms with Crippen LogP contribution >= 0.6 is 27.5 Å². The van der Waals surface area contributed by atoms with Gasteiger partial charge >= 0.3 is 0 Å². The van der Waals surface area contributed by atoms with Crippen molar-refractivity contribution in [2.24, 2.45) is 0 Å². The molecule has 0 saturated heterocycles. The van der Waals surface area contributed by atoms with Crippen molar-refractivity contribution >= 4 is 38.5 Å². The highest BCUT2D eigenvalue weighted by Gasteiger charge is 2.38. The fourth-order valence-corrected chi connectivity index (χ4v) is 3.88. The van der Waals surface area contributed by atoms with Crippen molar-refractivity contribution in [3.63, 3.8) is 0 Å². The van der Waals surface area contributed by atoms with Gasteiger partial charge in [0.25, 0.3) is 0 Å². The van der Waals surface area contributed by atoms with E-state index in [9.17, 15) is 0 Å². The summed E-state index contributed by atoms with van der Waals surface area (Å²) in [5.74, 6) is 1.07. The summed E-state index contributed by atoms with van der Waals surface area (Å²) in [6, 6.07) is 8.04. The topological polar surface area (TPSA) is 13.1 Å². The predicted molar refractivity (Wildman–Crippen MR) is 75.1 cm³/mol. The van der Waals surface area contributed by atoms with E-state index in [2.05, 4.69) is 35.0 Å². The van der Waals surface area contributed by atoms with Crippen molar-refractivity contribution in [2.45, 2.75) is 36.4 Å². The highest BCUT2D eigenvalue weighted by Crippen LogP contribution is 2.45. The first-order valence-corrected chi connectivity index (χ1v) is 7.20. The maximum Gasteiger partial charge on any atom is 0.152 e. The smallest absolute Gasteiger partial charge is 0.152 e. The third-order valence-corrected chi connectivity index (χ3v) is 4.85. The van der Waals surface area contributed by atoms with E-state index in [0.717, 1.165) is 23.2 Å². The van der Waals surface area contributed by atoms with Gasteiger partial charge in [-0.3, -0.25) is 0 Å². The number of alkyl halides is 1. The first-order chi connectivity index (χ1) is 8.08. The van der Waals surface area contributed by atoms with Crippen LogP contribution < -0.4 is 0 Å². The van der Waals surface area contributed by atoms with Crippen LogP contribution in [-0.2, 0) is 5.41 Å². The summed E-state index contributed by atoms with van der Waals surface area (Å²) in [6.45, 7) is 2.28. The molecule has 1 aliphatic carbocycles. The molecule has 90 valence electrons. The van der Waals surface area contributed by atoms with Crippen molar-refractivity contribution in [1.29, 1.82) is 0 Å². The Morgan fingerprint density at radius 3 is 2.94 bits per heavy atom. The van der Waals surface area contributed by atoms with Crippen LogP contribution in [0.5, 0.6) is 0 Å². The Labute approximate surface area is 114 Å². The zero-order valence-corrected chi connectivity index (χ0v) is 12.0. The van der Waals surface area contributed by atoms with E-state index in [0.29, 0.717) is 9.85 Å². The van der Waals surface area contributed by atoms with Gasteiger partial charge in [-0.2, -0.15) is 0 Å². The van der Waals surface area contributed by atoms with Gasteiger partial charge < -0.3 is 4.42 Å².